The summed E-state index contributed by atoms with van der Waals surface area (Å²) in [5.41, 5.74) is 6.15. The molecule has 2 unspecified atom stereocenters. The highest BCUT2D eigenvalue weighted by Gasteiger charge is 2.26. The topological polar surface area (TPSA) is 84.1 Å². The predicted octanol–water partition coefficient (Wildman–Crippen LogP) is 1.53. The van der Waals surface area contributed by atoms with Crippen molar-refractivity contribution in [1.82, 2.24) is 9.97 Å². The molecule has 1 aromatic rings. The molecule has 2 rings (SSSR count). The monoisotopic (exact) mass is 256 g/mol. The molecule has 0 bridgehead atoms. The second-order valence-corrected chi connectivity index (χ2v) is 4.80. The summed E-state index contributed by atoms with van der Waals surface area (Å²) < 4.78 is 0. The minimum atomic E-state index is 0.256. The molecule has 5 nitrogen and oxygen atoms in total. The van der Waals surface area contributed by atoms with Crippen molar-refractivity contribution >= 4 is 23.1 Å². The van der Waals surface area contributed by atoms with Crippen molar-refractivity contribution in [3.8, 4) is 0 Å². The lowest BCUT2D eigenvalue weighted by molar-refractivity contribution is 0.199. The summed E-state index contributed by atoms with van der Waals surface area (Å²) in [6.07, 6.45) is 4.80. The molecule has 0 spiro atoms. The van der Waals surface area contributed by atoms with Gasteiger partial charge in [-0.2, -0.15) is 0 Å². The van der Waals surface area contributed by atoms with Crippen LogP contribution >= 0.6 is 11.6 Å². The van der Waals surface area contributed by atoms with Gasteiger partial charge in [0.25, 0.3) is 0 Å². The molecular formula is C11H17ClN4O. The minimum Gasteiger partial charge on any atom is -0.396 e. The number of aliphatic hydroxyl groups excluding tert-OH is 1. The molecule has 1 aliphatic rings. The molecule has 0 aromatic carbocycles. The van der Waals surface area contributed by atoms with Gasteiger partial charge < -0.3 is 16.2 Å². The lowest BCUT2D eigenvalue weighted by atomic mass is 9.97. The van der Waals surface area contributed by atoms with Crippen molar-refractivity contribution in [2.45, 2.75) is 19.3 Å². The molecule has 94 valence electrons. The van der Waals surface area contributed by atoms with E-state index in [-0.39, 0.29) is 11.8 Å². The number of nitrogens with zero attached hydrogens (tertiary/aromatic N) is 2. The first kappa shape index (κ1) is 12.4. The van der Waals surface area contributed by atoms with Crippen LogP contribution < -0.4 is 11.1 Å². The van der Waals surface area contributed by atoms with Crippen LogP contribution in [0.5, 0.6) is 0 Å². The average Bonchev–Trinajstić information content (AvgIpc) is 2.78. The van der Waals surface area contributed by atoms with Gasteiger partial charge in [0.05, 0.1) is 0 Å². The zero-order valence-electron chi connectivity index (χ0n) is 9.56. The number of hydrogen-bond acceptors (Lipinski definition) is 5. The number of aromatic nitrogens is 2. The minimum absolute atomic E-state index is 0.256. The lowest BCUT2D eigenvalue weighted by Gasteiger charge is -2.18. The van der Waals surface area contributed by atoms with Gasteiger partial charge in [0.1, 0.15) is 12.0 Å². The molecule has 2 atom stereocenters. The highest BCUT2D eigenvalue weighted by molar-refractivity contribution is 6.32. The number of hydrogen-bond donors (Lipinski definition) is 3. The van der Waals surface area contributed by atoms with Crippen LogP contribution in [0.4, 0.5) is 11.5 Å². The Hall–Kier alpha value is -1.07. The number of halogens is 1. The SMILES string of the molecule is Nc1c(Cl)ncnc1NCC1CCCC1CO. The molecule has 0 radical (unpaired) electrons. The molecule has 1 heterocycles. The Morgan fingerprint density at radius 3 is 2.94 bits per heavy atom. The standard InChI is InChI=1S/C11H17ClN4O/c12-10-9(13)11(16-6-15-10)14-4-7-2-1-3-8(7)5-17/h6-8,17H,1-5,13H2,(H,14,15,16). The van der Waals surface area contributed by atoms with Gasteiger partial charge in [-0.3, -0.25) is 0 Å². The van der Waals surface area contributed by atoms with Crippen LogP contribution in [0.15, 0.2) is 6.33 Å². The van der Waals surface area contributed by atoms with Gasteiger partial charge in [-0.25, -0.2) is 9.97 Å². The van der Waals surface area contributed by atoms with Gasteiger partial charge in [0.2, 0.25) is 0 Å². The number of aliphatic hydroxyl groups is 1. The quantitative estimate of drug-likeness (QED) is 0.712. The first-order valence-corrected chi connectivity index (χ1v) is 6.21. The third kappa shape index (κ3) is 2.79. The highest BCUT2D eigenvalue weighted by atomic mass is 35.5. The Kier molecular flexibility index (Phi) is 4.02. The van der Waals surface area contributed by atoms with Crippen molar-refractivity contribution in [2.75, 3.05) is 24.2 Å². The maximum Gasteiger partial charge on any atom is 0.157 e. The van der Waals surface area contributed by atoms with E-state index in [1.54, 1.807) is 0 Å². The Labute approximate surface area is 105 Å². The first-order chi connectivity index (χ1) is 8.22. The van der Waals surface area contributed by atoms with E-state index in [1.807, 2.05) is 0 Å². The zero-order valence-corrected chi connectivity index (χ0v) is 10.3. The molecule has 0 aliphatic heterocycles. The van der Waals surface area contributed by atoms with Crippen LogP contribution in [0.2, 0.25) is 5.15 Å². The van der Waals surface area contributed by atoms with Crippen LogP contribution in [-0.4, -0.2) is 28.2 Å². The Bertz CT molecular complexity index is 388. The van der Waals surface area contributed by atoms with Crippen LogP contribution in [0.1, 0.15) is 19.3 Å². The smallest absolute Gasteiger partial charge is 0.157 e. The van der Waals surface area contributed by atoms with Gasteiger partial charge in [-0.05, 0) is 24.7 Å². The zero-order chi connectivity index (χ0) is 12.3. The van der Waals surface area contributed by atoms with Crippen molar-refractivity contribution in [3.05, 3.63) is 11.5 Å². The number of rotatable bonds is 4. The fraction of sp³-hybridized carbons (Fsp3) is 0.636. The number of anilines is 2. The summed E-state index contributed by atoms with van der Waals surface area (Å²) >= 11 is 5.81. The second-order valence-electron chi connectivity index (χ2n) is 4.44. The summed E-state index contributed by atoms with van der Waals surface area (Å²) in [5.74, 6) is 1.45. The lowest BCUT2D eigenvalue weighted by Crippen LogP contribution is -2.21. The molecule has 4 N–H and O–H groups in total. The van der Waals surface area contributed by atoms with E-state index in [4.69, 9.17) is 17.3 Å². The van der Waals surface area contributed by atoms with Crippen LogP contribution in [0.3, 0.4) is 0 Å². The second kappa shape index (κ2) is 5.51. The van der Waals surface area contributed by atoms with Crippen molar-refractivity contribution in [3.63, 3.8) is 0 Å². The number of nitrogens with one attached hydrogen (secondary N) is 1. The van der Waals surface area contributed by atoms with E-state index in [2.05, 4.69) is 15.3 Å². The van der Waals surface area contributed by atoms with Gasteiger partial charge in [-0.1, -0.05) is 18.0 Å². The molecule has 1 aliphatic carbocycles. The normalized spacial score (nSPS) is 23.9. The largest absolute Gasteiger partial charge is 0.396 e. The molecular weight excluding hydrogens is 240 g/mol. The number of nitrogen functional groups attached to an aromatic ring is 1. The molecule has 1 fully saturated rings. The first-order valence-electron chi connectivity index (χ1n) is 5.83. The Morgan fingerprint density at radius 1 is 1.41 bits per heavy atom. The van der Waals surface area contributed by atoms with E-state index in [9.17, 15) is 5.11 Å². The fourth-order valence-corrected chi connectivity index (χ4v) is 2.50. The fourth-order valence-electron chi connectivity index (χ4n) is 2.37. The predicted molar refractivity (Wildman–Crippen MR) is 67.9 cm³/mol. The Morgan fingerprint density at radius 2 is 2.18 bits per heavy atom. The van der Waals surface area contributed by atoms with Gasteiger partial charge in [0.15, 0.2) is 11.0 Å². The highest BCUT2D eigenvalue weighted by Crippen LogP contribution is 2.32. The van der Waals surface area contributed by atoms with Crippen molar-refractivity contribution in [2.24, 2.45) is 11.8 Å². The molecule has 6 heteroatoms. The van der Waals surface area contributed by atoms with E-state index in [1.165, 1.54) is 12.7 Å². The van der Waals surface area contributed by atoms with Gasteiger partial charge in [0, 0.05) is 13.2 Å². The van der Waals surface area contributed by atoms with E-state index in [0.29, 0.717) is 23.3 Å². The van der Waals surface area contributed by atoms with Crippen LogP contribution in [0.25, 0.3) is 0 Å². The van der Waals surface area contributed by atoms with Gasteiger partial charge >= 0.3 is 0 Å². The molecule has 0 saturated heterocycles. The molecule has 1 saturated carbocycles. The van der Waals surface area contributed by atoms with Crippen LogP contribution in [0, 0.1) is 11.8 Å². The van der Waals surface area contributed by atoms with E-state index < -0.39 is 0 Å². The summed E-state index contributed by atoms with van der Waals surface area (Å²) in [5, 5.41) is 12.7. The molecule has 0 amide bonds. The third-order valence-electron chi connectivity index (χ3n) is 3.42. The van der Waals surface area contributed by atoms with E-state index in [0.717, 1.165) is 19.4 Å². The average molecular weight is 257 g/mol. The van der Waals surface area contributed by atoms with Crippen molar-refractivity contribution < 1.29 is 5.11 Å². The molecule has 1 aromatic heterocycles. The maximum absolute atomic E-state index is 9.23. The third-order valence-corrected chi connectivity index (χ3v) is 3.72. The van der Waals surface area contributed by atoms with Crippen molar-refractivity contribution in [1.29, 1.82) is 0 Å². The number of nitrogens with two attached hydrogens (primary N) is 1. The summed E-state index contributed by atoms with van der Waals surface area (Å²) in [7, 11) is 0. The summed E-state index contributed by atoms with van der Waals surface area (Å²) in [6, 6.07) is 0. The van der Waals surface area contributed by atoms with Crippen LogP contribution in [-0.2, 0) is 0 Å². The van der Waals surface area contributed by atoms with E-state index >= 15 is 0 Å². The maximum atomic E-state index is 9.23. The Balaban J connectivity index is 1.95. The van der Waals surface area contributed by atoms with Gasteiger partial charge in [-0.15, -0.1) is 0 Å². The molecule has 17 heavy (non-hydrogen) atoms. The summed E-state index contributed by atoms with van der Waals surface area (Å²) in [6.45, 7) is 1.02. The summed E-state index contributed by atoms with van der Waals surface area (Å²) in [4.78, 5) is 7.86.